The van der Waals surface area contributed by atoms with Crippen LogP contribution >= 0.6 is 11.3 Å². The highest BCUT2D eigenvalue weighted by Crippen LogP contribution is 2.20. The first kappa shape index (κ1) is 14.6. The number of methoxy groups -OCH3 is 1. The minimum absolute atomic E-state index is 0.793. The second-order valence-corrected chi connectivity index (χ2v) is 6.12. The van der Waals surface area contributed by atoms with Gasteiger partial charge in [-0.1, -0.05) is 24.3 Å². The summed E-state index contributed by atoms with van der Waals surface area (Å²) >= 11 is 1.70. The fraction of sp³-hybridized carbons (Fsp3) is 0.167. The number of benzene rings is 2. The number of rotatable bonds is 5. The molecule has 0 amide bonds. The normalized spacial score (nSPS) is 10.6. The summed E-state index contributed by atoms with van der Waals surface area (Å²) in [4.78, 5) is 4.73. The SMILES string of the molecule is COc1cccc(Cc2csc(Cc3ccc(N)cc3)n2)c1. The summed E-state index contributed by atoms with van der Waals surface area (Å²) in [7, 11) is 1.69. The van der Waals surface area contributed by atoms with Gasteiger partial charge in [-0.15, -0.1) is 11.3 Å². The third kappa shape index (κ3) is 3.65. The van der Waals surface area contributed by atoms with Gasteiger partial charge in [0, 0.05) is 23.9 Å². The van der Waals surface area contributed by atoms with Crippen molar-refractivity contribution in [1.82, 2.24) is 4.98 Å². The van der Waals surface area contributed by atoms with E-state index in [0.29, 0.717) is 0 Å². The van der Waals surface area contributed by atoms with E-state index in [9.17, 15) is 0 Å². The quantitative estimate of drug-likeness (QED) is 0.727. The summed E-state index contributed by atoms with van der Waals surface area (Å²) in [5.41, 5.74) is 10.0. The number of aromatic nitrogens is 1. The van der Waals surface area contributed by atoms with Gasteiger partial charge in [0.2, 0.25) is 0 Å². The Balaban J connectivity index is 1.69. The van der Waals surface area contributed by atoms with E-state index >= 15 is 0 Å². The van der Waals surface area contributed by atoms with E-state index in [4.69, 9.17) is 15.5 Å². The second-order valence-electron chi connectivity index (χ2n) is 5.18. The lowest BCUT2D eigenvalue weighted by Gasteiger charge is -2.02. The number of hydrogen-bond donors (Lipinski definition) is 1. The molecule has 3 rings (SSSR count). The molecule has 3 nitrogen and oxygen atoms in total. The number of nitrogen functional groups attached to an aromatic ring is 1. The van der Waals surface area contributed by atoms with Crippen LogP contribution in [0.2, 0.25) is 0 Å². The van der Waals surface area contributed by atoms with Gasteiger partial charge in [0.25, 0.3) is 0 Å². The van der Waals surface area contributed by atoms with Gasteiger partial charge in [0.15, 0.2) is 0 Å². The molecule has 2 N–H and O–H groups in total. The number of ether oxygens (including phenoxy) is 1. The zero-order valence-corrected chi connectivity index (χ0v) is 13.3. The molecule has 112 valence electrons. The zero-order chi connectivity index (χ0) is 15.4. The van der Waals surface area contributed by atoms with Crippen LogP contribution in [-0.2, 0) is 12.8 Å². The van der Waals surface area contributed by atoms with Crippen molar-refractivity contribution < 1.29 is 4.74 Å². The van der Waals surface area contributed by atoms with Crippen LogP contribution in [0.25, 0.3) is 0 Å². The highest BCUT2D eigenvalue weighted by atomic mass is 32.1. The van der Waals surface area contributed by atoms with Crippen LogP contribution in [0.5, 0.6) is 5.75 Å². The molecule has 0 aliphatic carbocycles. The predicted octanol–water partition coefficient (Wildman–Crippen LogP) is 3.92. The highest BCUT2D eigenvalue weighted by molar-refractivity contribution is 7.09. The maximum atomic E-state index is 5.71. The monoisotopic (exact) mass is 310 g/mol. The third-order valence-corrected chi connectivity index (χ3v) is 4.35. The number of thiazole rings is 1. The Kier molecular flexibility index (Phi) is 4.39. The Morgan fingerprint density at radius 2 is 1.86 bits per heavy atom. The molecule has 22 heavy (non-hydrogen) atoms. The van der Waals surface area contributed by atoms with Gasteiger partial charge >= 0.3 is 0 Å². The highest BCUT2D eigenvalue weighted by Gasteiger charge is 2.05. The molecule has 3 aromatic rings. The van der Waals surface area contributed by atoms with Crippen molar-refractivity contribution in [3.8, 4) is 5.75 Å². The van der Waals surface area contributed by atoms with Gasteiger partial charge < -0.3 is 10.5 Å². The standard InChI is InChI=1S/C18H18N2OS/c1-21-17-4-2-3-14(10-17)9-16-12-22-18(20-16)11-13-5-7-15(19)8-6-13/h2-8,10,12H,9,11,19H2,1H3. The Morgan fingerprint density at radius 3 is 2.64 bits per heavy atom. The van der Waals surface area contributed by atoms with Crippen molar-refractivity contribution in [3.05, 3.63) is 75.7 Å². The molecular formula is C18H18N2OS. The Morgan fingerprint density at radius 1 is 1.05 bits per heavy atom. The first-order valence-corrected chi connectivity index (χ1v) is 8.01. The Hall–Kier alpha value is -2.33. The van der Waals surface area contributed by atoms with Crippen molar-refractivity contribution in [1.29, 1.82) is 0 Å². The van der Waals surface area contributed by atoms with Gasteiger partial charge in [-0.2, -0.15) is 0 Å². The largest absolute Gasteiger partial charge is 0.497 e. The van der Waals surface area contributed by atoms with Gasteiger partial charge in [-0.25, -0.2) is 4.98 Å². The zero-order valence-electron chi connectivity index (χ0n) is 12.5. The average Bonchev–Trinajstić information content (AvgIpc) is 2.97. The molecule has 2 aromatic carbocycles. The number of anilines is 1. The first-order valence-electron chi connectivity index (χ1n) is 7.13. The van der Waals surface area contributed by atoms with Crippen LogP contribution in [0.1, 0.15) is 21.8 Å². The van der Waals surface area contributed by atoms with E-state index in [-0.39, 0.29) is 0 Å². The predicted molar refractivity (Wildman–Crippen MR) is 91.6 cm³/mol. The molecule has 0 fully saturated rings. The molecule has 0 radical (unpaired) electrons. The van der Waals surface area contributed by atoms with E-state index in [1.807, 2.05) is 24.3 Å². The van der Waals surface area contributed by atoms with E-state index in [0.717, 1.165) is 35.0 Å². The van der Waals surface area contributed by atoms with Crippen molar-refractivity contribution in [2.75, 3.05) is 12.8 Å². The average molecular weight is 310 g/mol. The van der Waals surface area contributed by atoms with Crippen molar-refractivity contribution >= 4 is 17.0 Å². The van der Waals surface area contributed by atoms with Crippen LogP contribution in [0.3, 0.4) is 0 Å². The van der Waals surface area contributed by atoms with Gasteiger partial charge in [-0.05, 0) is 35.4 Å². The molecule has 4 heteroatoms. The Labute approximate surface area is 134 Å². The molecule has 0 atom stereocenters. The van der Waals surface area contributed by atoms with Crippen LogP contribution in [0.4, 0.5) is 5.69 Å². The molecule has 1 heterocycles. The van der Waals surface area contributed by atoms with E-state index in [2.05, 4.69) is 29.6 Å². The molecule has 1 aromatic heterocycles. The van der Waals surface area contributed by atoms with Crippen LogP contribution in [-0.4, -0.2) is 12.1 Å². The number of hydrogen-bond acceptors (Lipinski definition) is 4. The smallest absolute Gasteiger partial charge is 0.119 e. The van der Waals surface area contributed by atoms with Crippen LogP contribution in [0.15, 0.2) is 53.9 Å². The summed E-state index contributed by atoms with van der Waals surface area (Å²) in [6.45, 7) is 0. The lowest BCUT2D eigenvalue weighted by molar-refractivity contribution is 0.414. The molecule has 0 unspecified atom stereocenters. The maximum Gasteiger partial charge on any atom is 0.119 e. The molecule has 0 bridgehead atoms. The fourth-order valence-corrected chi connectivity index (χ4v) is 3.14. The minimum atomic E-state index is 0.793. The summed E-state index contributed by atoms with van der Waals surface area (Å²) in [5.74, 6) is 0.884. The Bertz CT molecular complexity index is 750. The number of nitrogens with two attached hydrogens (primary N) is 1. The van der Waals surface area contributed by atoms with Gasteiger partial charge in [-0.3, -0.25) is 0 Å². The maximum absolute atomic E-state index is 5.71. The van der Waals surface area contributed by atoms with Gasteiger partial charge in [0.1, 0.15) is 5.75 Å². The molecular weight excluding hydrogens is 292 g/mol. The summed E-state index contributed by atoms with van der Waals surface area (Å²) in [6, 6.07) is 16.1. The van der Waals surface area contributed by atoms with Gasteiger partial charge in [0.05, 0.1) is 17.8 Å². The summed E-state index contributed by atoms with van der Waals surface area (Å²) in [6.07, 6.45) is 1.68. The summed E-state index contributed by atoms with van der Waals surface area (Å²) < 4.78 is 5.26. The molecule has 0 saturated carbocycles. The molecule has 0 spiro atoms. The molecule has 0 saturated heterocycles. The molecule has 0 aliphatic heterocycles. The van der Waals surface area contributed by atoms with E-state index in [1.165, 1.54) is 11.1 Å². The van der Waals surface area contributed by atoms with Crippen molar-refractivity contribution in [2.24, 2.45) is 0 Å². The van der Waals surface area contributed by atoms with Crippen LogP contribution in [0, 0.1) is 0 Å². The number of nitrogens with zero attached hydrogens (tertiary/aromatic N) is 1. The van der Waals surface area contributed by atoms with Crippen molar-refractivity contribution in [3.63, 3.8) is 0 Å². The van der Waals surface area contributed by atoms with Crippen LogP contribution < -0.4 is 10.5 Å². The fourth-order valence-electron chi connectivity index (χ4n) is 2.31. The minimum Gasteiger partial charge on any atom is -0.497 e. The first-order chi connectivity index (χ1) is 10.7. The van der Waals surface area contributed by atoms with E-state index in [1.54, 1.807) is 18.4 Å². The lowest BCUT2D eigenvalue weighted by atomic mass is 10.1. The van der Waals surface area contributed by atoms with Crippen molar-refractivity contribution in [2.45, 2.75) is 12.8 Å². The topological polar surface area (TPSA) is 48.1 Å². The summed E-state index contributed by atoms with van der Waals surface area (Å²) in [5, 5.41) is 3.26. The third-order valence-electron chi connectivity index (χ3n) is 3.45. The second kappa shape index (κ2) is 6.62. The van der Waals surface area contributed by atoms with E-state index < -0.39 is 0 Å². The molecule has 0 aliphatic rings. The lowest BCUT2D eigenvalue weighted by Crippen LogP contribution is -1.92.